The summed E-state index contributed by atoms with van der Waals surface area (Å²) in [6.07, 6.45) is 0.945. The van der Waals surface area contributed by atoms with Gasteiger partial charge in [-0.25, -0.2) is 0 Å². The van der Waals surface area contributed by atoms with Gasteiger partial charge >= 0.3 is 5.97 Å². The summed E-state index contributed by atoms with van der Waals surface area (Å²) < 4.78 is 5.56. The first-order chi connectivity index (χ1) is 14.0. The number of carboxylic acid groups (broad SMARTS) is 1. The highest BCUT2D eigenvalue weighted by Gasteiger charge is 2.30. The Hall–Kier alpha value is -3.35. The van der Waals surface area contributed by atoms with Crippen LogP contribution in [-0.4, -0.2) is 47.5 Å². The molecule has 0 aromatic heterocycles. The number of rotatable bonds is 4. The van der Waals surface area contributed by atoms with E-state index >= 15 is 0 Å². The Morgan fingerprint density at radius 2 is 1.69 bits per heavy atom. The molecule has 4 rings (SSSR count). The number of anilines is 1. The number of aliphatic carboxylic acids is 1. The van der Waals surface area contributed by atoms with Crippen LogP contribution < -0.4 is 10.1 Å². The van der Waals surface area contributed by atoms with Gasteiger partial charge in [0.15, 0.2) is 0 Å². The highest BCUT2D eigenvalue weighted by molar-refractivity contribution is 5.98. The average molecular weight is 394 g/mol. The predicted molar refractivity (Wildman–Crippen MR) is 106 cm³/mol. The minimum Gasteiger partial charge on any atom is -0.492 e. The fourth-order valence-electron chi connectivity index (χ4n) is 3.82. The predicted octanol–water partition coefficient (Wildman–Crippen LogP) is 2.74. The summed E-state index contributed by atoms with van der Waals surface area (Å²) in [5.74, 6) is -1.06. The standard InChI is InChI=1S/C22H22N2O5/c25-20(18-13-29-19-4-2-1-3-17(18)19)23-16-7-5-14(6-8-16)21(26)24-11-9-15(10-12-24)22(27)28/h1-8,15,18H,9-13H2,(H,23,25)(H,27,28). The number of carbonyl (C=O) groups is 3. The molecule has 2 amide bonds. The lowest BCUT2D eigenvalue weighted by Gasteiger charge is -2.30. The van der Waals surface area contributed by atoms with Gasteiger partial charge in [0.25, 0.3) is 5.91 Å². The number of carboxylic acids is 1. The summed E-state index contributed by atoms with van der Waals surface area (Å²) in [4.78, 5) is 38.0. The first kappa shape index (κ1) is 19.0. The smallest absolute Gasteiger partial charge is 0.306 e. The maximum Gasteiger partial charge on any atom is 0.306 e. The Balaban J connectivity index is 1.37. The molecule has 7 heteroatoms. The van der Waals surface area contributed by atoms with Gasteiger partial charge < -0.3 is 20.1 Å². The van der Waals surface area contributed by atoms with Gasteiger partial charge in [0, 0.05) is 29.9 Å². The van der Waals surface area contributed by atoms with E-state index in [0.717, 1.165) is 11.3 Å². The van der Waals surface area contributed by atoms with Gasteiger partial charge in [0.1, 0.15) is 18.3 Å². The topological polar surface area (TPSA) is 95.9 Å². The van der Waals surface area contributed by atoms with Crippen molar-refractivity contribution < 1.29 is 24.2 Å². The first-order valence-electron chi connectivity index (χ1n) is 9.67. The number of hydrogen-bond donors (Lipinski definition) is 2. The molecule has 1 fully saturated rings. The zero-order valence-corrected chi connectivity index (χ0v) is 15.8. The van der Waals surface area contributed by atoms with Crippen molar-refractivity contribution >= 4 is 23.5 Å². The molecular weight excluding hydrogens is 372 g/mol. The largest absolute Gasteiger partial charge is 0.492 e. The van der Waals surface area contributed by atoms with Crippen LogP contribution in [0, 0.1) is 5.92 Å². The van der Waals surface area contributed by atoms with Crippen molar-refractivity contribution in [2.24, 2.45) is 5.92 Å². The Morgan fingerprint density at radius 1 is 1.00 bits per heavy atom. The lowest BCUT2D eigenvalue weighted by molar-refractivity contribution is -0.143. The van der Waals surface area contributed by atoms with Gasteiger partial charge in [0.05, 0.1) is 5.92 Å². The molecule has 2 heterocycles. The first-order valence-corrected chi connectivity index (χ1v) is 9.67. The van der Waals surface area contributed by atoms with Gasteiger partial charge in [0.2, 0.25) is 5.91 Å². The normalized spacial score (nSPS) is 18.6. The van der Waals surface area contributed by atoms with Crippen LogP contribution in [0.4, 0.5) is 5.69 Å². The molecular formula is C22H22N2O5. The lowest BCUT2D eigenvalue weighted by atomic mass is 9.96. The lowest BCUT2D eigenvalue weighted by Crippen LogP contribution is -2.40. The number of fused-ring (bicyclic) bond motifs is 1. The van der Waals surface area contributed by atoms with Crippen LogP contribution in [0.2, 0.25) is 0 Å². The number of piperidine rings is 1. The summed E-state index contributed by atoms with van der Waals surface area (Å²) in [5, 5.41) is 11.9. The fourth-order valence-corrected chi connectivity index (χ4v) is 3.82. The van der Waals surface area contributed by atoms with Gasteiger partial charge in [-0.3, -0.25) is 14.4 Å². The quantitative estimate of drug-likeness (QED) is 0.831. The van der Waals surface area contributed by atoms with Gasteiger partial charge in [-0.2, -0.15) is 0 Å². The van der Waals surface area contributed by atoms with Crippen molar-refractivity contribution in [3.63, 3.8) is 0 Å². The van der Waals surface area contributed by atoms with E-state index in [9.17, 15) is 14.4 Å². The molecule has 0 saturated carbocycles. The Bertz CT molecular complexity index is 932. The van der Waals surface area contributed by atoms with Crippen LogP contribution >= 0.6 is 0 Å². The molecule has 2 aromatic carbocycles. The molecule has 2 N–H and O–H groups in total. The molecule has 2 aliphatic rings. The van der Waals surface area contributed by atoms with E-state index in [4.69, 9.17) is 9.84 Å². The van der Waals surface area contributed by atoms with Crippen molar-refractivity contribution in [1.29, 1.82) is 0 Å². The van der Waals surface area contributed by atoms with E-state index < -0.39 is 5.97 Å². The summed E-state index contributed by atoms with van der Waals surface area (Å²) in [7, 11) is 0. The molecule has 0 aliphatic carbocycles. The van der Waals surface area contributed by atoms with Gasteiger partial charge in [-0.15, -0.1) is 0 Å². The molecule has 0 bridgehead atoms. The molecule has 1 unspecified atom stereocenters. The van der Waals surface area contributed by atoms with E-state index in [2.05, 4.69) is 5.32 Å². The highest BCUT2D eigenvalue weighted by Crippen LogP contribution is 2.34. The second-order valence-corrected chi connectivity index (χ2v) is 7.37. The second-order valence-electron chi connectivity index (χ2n) is 7.37. The number of likely N-dealkylation sites (tertiary alicyclic amines) is 1. The molecule has 1 saturated heterocycles. The highest BCUT2D eigenvalue weighted by atomic mass is 16.5. The third kappa shape index (κ3) is 3.94. The molecule has 0 radical (unpaired) electrons. The van der Waals surface area contributed by atoms with Crippen molar-refractivity contribution in [2.75, 3.05) is 25.0 Å². The minimum atomic E-state index is -0.799. The number of nitrogens with one attached hydrogen (secondary N) is 1. The van der Waals surface area contributed by atoms with E-state index in [-0.39, 0.29) is 23.7 Å². The zero-order valence-electron chi connectivity index (χ0n) is 15.8. The zero-order chi connectivity index (χ0) is 20.4. The average Bonchev–Trinajstić information content (AvgIpc) is 3.18. The summed E-state index contributed by atoms with van der Waals surface area (Å²) >= 11 is 0. The third-order valence-electron chi connectivity index (χ3n) is 5.55. The number of para-hydroxylation sites is 1. The SMILES string of the molecule is O=C(O)C1CCN(C(=O)c2ccc(NC(=O)C3COc4ccccc43)cc2)CC1. The van der Waals surface area contributed by atoms with Crippen LogP contribution in [0.15, 0.2) is 48.5 Å². The van der Waals surface area contributed by atoms with E-state index in [1.54, 1.807) is 29.2 Å². The number of nitrogens with zero attached hydrogens (tertiary/aromatic N) is 1. The third-order valence-corrected chi connectivity index (χ3v) is 5.55. The summed E-state index contributed by atoms with van der Waals surface area (Å²) in [6.45, 7) is 1.19. The molecule has 150 valence electrons. The van der Waals surface area contributed by atoms with Crippen molar-refractivity contribution in [1.82, 2.24) is 4.90 Å². The van der Waals surface area contributed by atoms with Crippen LogP contribution in [-0.2, 0) is 9.59 Å². The van der Waals surface area contributed by atoms with Crippen molar-refractivity contribution in [3.05, 3.63) is 59.7 Å². The van der Waals surface area contributed by atoms with Crippen LogP contribution in [0.25, 0.3) is 0 Å². The minimum absolute atomic E-state index is 0.121. The van der Waals surface area contributed by atoms with E-state index in [0.29, 0.717) is 43.8 Å². The van der Waals surface area contributed by atoms with Crippen LogP contribution in [0.3, 0.4) is 0 Å². The van der Waals surface area contributed by atoms with E-state index in [1.807, 2.05) is 24.3 Å². The van der Waals surface area contributed by atoms with Crippen LogP contribution in [0.1, 0.15) is 34.7 Å². The van der Waals surface area contributed by atoms with Gasteiger partial charge in [-0.05, 0) is 43.2 Å². The maximum atomic E-state index is 12.6. The number of benzene rings is 2. The molecule has 1 atom stereocenters. The molecule has 2 aromatic rings. The number of ether oxygens (including phenoxy) is 1. The summed E-state index contributed by atoms with van der Waals surface area (Å²) in [6, 6.07) is 14.3. The second kappa shape index (κ2) is 7.95. The number of carbonyl (C=O) groups excluding carboxylic acids is 2. The molecule has 0 spiro atoms. The monoisotopic (exact) mass is 394 g/mol. The Morgan fingerprint density at radius 3 is 2.38 bits per heavy atom. The number of hydrogen-bond acceptors (Lipinski definition) is 4. The maximum absolute atomic E-state index is 12.6. The molecule has 29 heavy (non-hydrogen) atoms. The Kier molecular flexibility index (Phi) is 5.20. The fraction of sp³-hybridized carbons (Fsp3) is 0.318. The molecule has 2 aliphatic heterocycles. The van der Waals surface area contributed by atoms with E-state index in [1.165, 1.54) is 0 Å². The van der Waals surface area contributed by atoms with Crippen molar-refractivity contribution in [3.8, 4) is 5.75 Å². The number of amides is 2. The van der Waals surface area contributed by atoms with Gasteiger partial charge in [-0.1, -0.05) is 18.2 Å². The van der Waals surface area contributed by atoms with Crippen LogP contribution in [0.5, 0.6) is 5.75 Å². The molecule has 7 nitrogen and oxygen atoms in total. The van der Waals surface area contributed by atoms with Crippen molar-refractivity contribution in [2.45, 2.75) is 18.8 Å². The summed E-state index contributed by atoms with van der Waals surface area (Å²) in [5.41, 5.74) is 2.01. The Labute approximate surface area is 168 Å².